The fraction of sp³-hybridized carbons (Fsp3) is 0.611. The summed E-state index contributed by atoms with van der Waals surface area (Å²) < 4.78 is 5.22. The highest BCUT2D eigenvalue weighted by atomic mass is 32.2. The van der Waals surface area contributed by atoms with E-state index < -0.39 is 0 Å². The highest BCUT2D eigenvalue weighted by molar-refractivity contribution is 7.99. The number of esters is 1. The SMILES string of the molecule is CCCCCOC(=O)CSc1nc(N)c2c3c(sc2n1)CC(C)CC3. The van der Waals surface area contributed by atoms with E-state index >= 15 is 0 Å². The van der Waals surface area contributed by atoms with E-state index in [0.29, 0.717) is 23.5 Å². The Morgan fingerprint density at radius 1 is 1.40 bits per heavy atom. The van der Waals surface area contributed by atoms with Gasteiger partial charge in [0.15, 0.2) is 5.16 Å². The Morgan fingerprint density at radius 3 is 3.04 bits per heavy atom. The van der Waals surface area contributed by atoms with Gasteiger partial charge in [-0.3, -0.25) is 4.79 Å². The number of hydrogen-bond donors (Lipinski definition) is 1. The van der Waals surface area contributed by atoms with Crippen LogP contribution in [0.4, 0.5) is 5.82 Å². The summed E-state index contributed by atoms with van der Waals surface area (Å²) >= 11 is 3.02. The van der Waals surface area contributed by atoms with Gasteiger partial charge in [-0.1, -0.05) is 38.5 Å². The third kappa shape index (κ3) is 4.44. The van der Waals surface area contributed by atoms with Crippen molar-refractivity contribution in [3.63, 3.8) is 0 Å². The van der Waals surface area contributed by atoms with E-state index in [1.54, 1.807) is 11.3 Å². The summed E-state index contributed by atoms with van der Waals surface area (Å²) in [4.78, 5) is 23.2. The average molecular weight is 380 g/mol. The summed E-state index contributed by atoms with van der Waals surface area (Å²) in [6, 6.07) is 0. The fourth-order valence-corrected chi connectivity index (χ4v) is 5.22. The van der Waals surface area contributed by atoms with Crippen molar-refractivity contribution in [1.82, 2.24) is 9.97 Å². The van der Waals surface area contributed by atoms with Crippen molar-refractivity contribution in [3.05, 3.63) is 10.4 Å². The number of aryl methyl sites for hydroxylation is 1. The van der Waals surface area contributed by atoms with E-state index in [4.69, 9.17) is 10.5 Å². The average Bonchev–Trinajstić information content (AvgIpc) is 2.94. The molecule has 7 heteroatoms. The molecule has 5 nitrogen and oxygen atoms in total. The van der Waals surface area contributed by atoms with Gasteiger partial charge in [-0.2, -0.15) is 0 Å². The number of carbonyl (C=O) groups is 1. The molecule has 0 radical (unpaired) electrons. The molecule has 136 valence electrons. The zero-order valence-electron chi connectivity index (χ0n) is 14.8. The molecule has 0 aromatic carbocycles. The number of fused-ring (bicyclic) bond motifs is 3. The first-order valence-corrected chi connectivity index (χ1v) is 10.7. The van der Waals surface area contributed by atoms with Crippen molar-refractivity contribution in [3.8, 4) is 0 Å². The lowest BCUT2D eigenvalue weighted by molar-refractivity contribution is -0.140. The second-order valence-electron chi connectivity index (χ2n) is 6.64. The molecule has 0 aliphatic heterocycles. The summed E-state index contributed by atoms with van der Waals surface area (Å²) in [5, 5.41) is 1.58. The van der Waals surface area contributed by atoms with E-state index in [1.807, 2.05) is 0 Å². The van der Waals surface area contributed by atoms with Gasteiger partial charge in [0.1, 0.15) is 10.6 Å². The Kier molecular flexibility index (Phi) is 6.17. The Bertz CT molecular complexity index is 760. The molecule has 0 bridgehead atoms. The molecule has 1 atom stereocenters. The van der Waals surface area contributed by atoms with Gasteiger partial charge < -0.3 is 10.5 Å². The van der Waals surface area contributed by atoms with Crippen LogP contribution in [0.15, 0.2) is 5.16 Å². The van der Waals surface area contributed by atoms with Crippen LogP contribution in [0.5, 0.6) is 0 Å². The number of nitrogen functional groups attached to an aromatic ring is 1. The largest absolute Gasteiger partial charge is 0.465 e. The number of carbonyl (C=O) groups excluding carboxylic acids is 1. The number of thioether (sulfide) groups is 1. The Morgan fingerprint density at radius 2 is 2.24 bits per heavy atom. The summed E-state index contributed by atoms with van der Waals surface area (Å²) in [6.07, 6.45) is 6.46. The van der Waals surface area contributed by atoms with Crippen LogP contribution in [0.25, 0.3) is 10.2 Å². The molecule has 2 aromatic heterocycles. The summed E-state index contributed by atoms with van der Waals surface area (Å²) in [6.45, 7) is 4.90. The molecule has 2 N–H and O–H groups in total. The predicted molar refractivity (Wildman–Crippen MR) is 104 cm³/mol. The topological polar surface area (TPSA) is 78.1 Å². The lowest BCUT2D eigenvalue weighted by Gasteiger charge is -2.17. The lowest BCUT2D eigenvalue weighted by atomic mass is 9.89. The van der Waals surface area contributed by atoms with E-state index in [-0.39, 0.29) is 11.7 Å². The molecule has 0 saturated carbocycles. The van der Waals surface area contributed by atoms with Crippen LogP contribution in [-0.2, 0) is 22.4 Å². The predicted octanol–water partition coefficient (Wildman–Crippen LogP) is 4.22. The number of nitrogens with two attached hydrogens (primary N) is 1. The number of rotatable bonds is 7. The van der Waals surface area contributed by atoms with Gasteiger partial charge in [0.05, 0.1) is 17.7 Å². The first-order chi connectivity index (χ1) is 12.1. The molecule has 0 saturated heterocycles. The molecular formula is C18H25N3O2S2. The molecular weight excluding hydrogens is 354 g/mol. The van der Waals surface area contributed by atoms with E-state index in [2.05, 4.69) is 23.8 Å². The number of anilines is 1. The highest BCUT2D eigenvalue weighted by Gasteiger charge is 2.23. The van der Waals surface area contributed by atoms with Crippen molar-refractivity contribution in [2.24, 2.45) is 5.92 Å². The smallest absolute Gasteiger partial charge is 0.316 e. The van der Waals surface area contributed by atoms with Crippen molar-refractivity contribution >= 4 is 45.1 Å². The number of thiophene rings is 1. The minimum atomic E-state index is -0.220. The molecule has 1 unspecified atom stereocenters. The number of nitrogens with zero attached hydrogens (tertiary/aromatic N) is 2. The summed E-state index contributed by atoms with van der Waals surface area (Å²) in [5.41, 5.74) is 7.54. The quantitative estimate of drug-likeness (QED) is 0.336. The van der Waals surface area contributed by atoms with Crippen LogP contribution >= 0.6 is 23.1 Å². The minimum absolute atomic E-state index is 0.220. The summed E-state index contributed by atoms with van der Waals surface area (Å²) in [5.74, 6) is 1.25. The second-order valence-corrected chi connectivity index (χ2v) is 8.67. The maximum absolute atomic E-state index is 11.8. The Hall–Kier alpha value is -1.34. The van der Waals surface area contributed by atoms with Crippen LogP contribution in [0, 0.1) is 5.92 Å². The monoisotopic (exact) mass is 379 g/mol. The maximum atomic E-state index is 11.8. The number of unbranched alkanes of at least 4 members (excludes halogenated alkanes) is 2. The van der Waals surface area contributed by atoms with Gasteiger partial charge in [0.25, 0.3) is 0 Å². The van der Waals surface area contributed by atoms with E-state index in [9.17, 15) is 4.79 Å². The zero-order valence-corrected chi connectivity index (χ0v) is 16.5. The lowest BCUT2D eigenvalue weighted by Crippen LogP contribution is -2.10. The van der Waals surface area contributed by atoms with Gasteiger partial charge in [-0.25, -0.2) is 9.97 Å². The molecule has 25 heavy (non-hydrogen) atoms. The number of ether oxygens (including phenoxy) is 1. The van der Waals surface area contributed by atoms with Crippen molar-refractivity contribution < 1.29 is 9.53 Å². The molecule has 1 aliphatic rings. The van der Waals surface area contributed by atoms with Crippen LogP contribution in [0.1, 0.15) is 50.0 Å². The first-order valence-electron chi connectivity index (χ1n) is 8.94. The second kappa shape index (κ2) is 8.36. The molecule has 1 aliphatic carbocycles. The molecule has 3 rings (SSSR count). The molecule has 0 spiro atoms. The van der Waals surface area contributed by atoms with Gasteiger partial charge in [0.2, 0.25) is 0 Å². The third-order valence-corrected chi connectivity index (χ3v) is 6.46. The van der Waals surface area contributed by atoms with Crippen molar-refractivity contribution in [2.45, 2.75) is 57.5 Å². The minimum Gasteiger partial charge on any atom is -0.465 e. The van der Waals surface area contributed by atoms with Crippen molar-refractivity contribution in [1.29, 1.82) is 0 Å². The van der Waals surface area contributed by atoms with Crippen molar-refractivity contribution in [2.75, 3.05) is 18.1 Å². The van der Waals surface area contributed by atoms with Gasteiger partial charge in [0, 0.05) is 4.88 Å². The number of hydrogen-bond acceptors (Lipinski definition) is 7. The van der Waals surface area contributed by atoms with E-state index in [0.717, 1.165) is 42.3 Å². The maximum Gasteiger partial charge on any atom is 0.316 e. The fourth-order valence-electron chi connectivity index (χ4n) is 3.12. The third-order valence-electron chi connectivity index (χ3n) is 4.49. The molecule has 2 heterocycles. The van der Waals surface area contributed by atoms with Gasteiger partial charge >= 0.3 is 5.97 Å². The molecule has 2 aromatic rings. The van der Waals surface area contributed by atoms with Crippen LogP contribution < -0.4 is 5.73 Å². The Labute approximate surface area is 156 Å². The van der Waals surface area contributed by atoms with Gasteiger partial charge in [-0.05, 0) is 37.2 Å². The van der Waals surface area contributed by atoms with Crippen LogP contribution in [0.3, 0.4) is 0 Å². The summed E-state index contributed by atoms with van der Waals surface area (Å²) in [7, 11) is 0. The zero-order chi connectivity index (χ0) is 17.8. The molecule has 0 fully saturated rings. The first kappa shape index (κ1) is 18.5. The van der Waals surface area contributed by atoms with E-state index in [1.165, 1.54) is 28.6 Å². The Balaban J connectivity index is 1.66. The van der Waals surface area contributed by atoms with Crippen LogP contribution in [0.2, 0.25) is 0 Å². The normalized spacial score (nSPS) is 16.8. The highest BCUT2D eigenvalue weighted by Crippen LogP contribution is 2.39. The van der Waals surface area contributed by atoms with Gasteiger partial charge in [-0.15, -0.1) is 11.3 Å². The van der Waals surface area contributed by atoms with Crippen LogP contribution in [-0.4, -0.2) is 28.3 Å². The standard InChI is InChI=1S/C18H25N3O2S2/c1-3-4-5-8-23-14(22)10-24-18-20-16(19)15-12-7-6-11(2)9-13(12)25-17(15)21-18/h11H,3-10H2,1-2H3,(H2,19,20,21). The molecule has 0 amide bonds. The number of aromatic nitrogens is 2.